The summed E-state index contributed by atoms with van der Waals surface area (Å²) >= 11 is 0. The van der Waals surface area contributed by atoms with Gasteiger partial charge in [0.25, 0.3) is 0 Å². The van der Waals surface area contributed by atoms with E-state index in [4.69, 9.17) is 9.79 Å². The van der Waals surface area contributed by atoms with Gasteiger partial charge in [-0.05, 0) is 0 Å². The smallest absolute Gasteiger partial charge is 0.344 e. The van der Waals surface area contributed by atoms with Gasteiger partial charge in [-0.1, -0.05) is 13.8 Å². The summed E-state index contributed by atoms with van der Waals surface area (Å²) in [7, 11) is -0.789. The summed E-state index contributed by atoms with van der Waals surface area (Å²) < 4.78 is 13.8. The number of likely N-dealkylation sites (N-methyl/N-ethyl adjacent to an activating group) is 2. The van der Waals surface area contributed by atoms with Gasteiger partial charge in [-0.15, -0.1) is 4.76 Å². The predicted molar refractivity (Wildman–Crippen MR) is 56.1 cm³/mol. The monoisotopic (exact) mass is 223 g/mol. The molecule has 0 aromatic heterocycles. The van der Waals surface area contributed by atoms with Crippen molar-refractivity contribution in [2.75, 3.05) is 27.2 Å². The van der Waals surface area contributed by atoms with Crippen molar-refractivity contribution in [1.82, 2.24) is 9.80 Å². The van der Waals surface area contributed by atoms with E-state index < -0.39 is 7.75 Å². The molecule has 0 aromatic carbocycles. The quantitative estimate of drug-likeness (QED) is 0.627. The van der Waals surface area contributed by atoms with Crippen molar-refractivity contribution in [3.8, 4) is 0 Å². The zero-order chi connectivity index (χ0) is 11.4. The van der Waals surface area contributed by atoms with Gasteiger partial charge in [-0.3, -0.25) is 0 Å². The van der Waals surface area contributed by atoms with E-state index in [0.717, 1.165) is 13.1 Å². The summed E-state index contributed by atoms with van der Waals surface area (Å²) in [5.41, 5.74) is 0. The molecule has 1 aliphatic rings. The fraction of sp³-hybridized carbons (Fsp3) is 0.857. The van der Waals surface area contributed by atoms with Crippen LogP contribution in [0, 0.1) is 0 Å². The summed E-state index contributed by atoms with van der Waals surface area (Å²) in [5.74, 6) is 0.350. The molecule has 0 atom stereocenters. The molecule has 0 bridgehead atoms. The summed E-state index contributed by atoms with van der Waals surface area (Å²) in [6.45, 7) is 5.49. The largest absolute Gasteiger partial charge is 0.451 e. The highest BCUT2D eigenvalue weighted by Gasteiger charge is 2.23. The van der Waals surface area contributed by atoms with Gasteiger partial charge < -0.3 is 19.6 Å². The van der Waals surface area contributed by atoms with Crippen LogP contribution in [0.4, 0.5) is 0 Å². The van der Waals surface area contributed by atoms with Gasteiger partial charge in [0.1, 0.15) is 0 Å². The maximum absolute atomic E-state index is 10.5. The summed E-state index contributed by atoms with van der Waals surface area (Å²) in [5, 5.41) is 0. The van der Waals surface area contributed by atoms with E-state index in [1.54, 1.807) is 23.9 Å². The lowest BCUT2D eigenvalue weighted by Crippen LogP contribution is -2.28. The highest BCUT2D eigenvalue weighted by molar-refractivity contribution is 7.50. The molecule has 6 nitrogen and oxygen atoms in total. The Bertz CT molecular complexity index is 239. The van der Waals surface area contributed by atoms with Gasteiger partial charge in [-0.25, -0.2) is 4.57 Å². The number of nitrogens with zero attached hydrogens (tertiary/aromatic N) is 3. The molecular formula is C7H18N3O3P. The lowest BCUT2D eigenvalue weighted by molar-refractivity contribution is 0.373. The minimum Gasteiger partial charge on any atom is -0.344 e. The van der Waals surface area contributed by atoms with Crippen LogP contribution in [0.15, 0.2) is 4.76 Å². The molecule has 2 N–H and O–H groups in total. The van der Waals surface area contributed by atoms with Crippen LogP contribution in [0.3, 0.4) is 0 Å². The van der Waals surface area contributed by atoms with Crippen LogP contribution in [0.5, 0.6) is 0 Å². The Morgan fingerprint density at radius 3 is 1.86 bits per heavy atom. The minimum absolute atomic E-state index is 0.350. The molecule has 0 spiro atoms. The van der Waals surface area contributed by atoms with Crippen LogP contribution >= 0.6 is 7.75 Å². The zero-order valence-corrected chi connectivity index (χ0v) is 9.90. The summed E-state index contributed by atoms with van der Waals surface area (Å²) in [6, 6.07) is 0. The van der Waals surface area contributed by atoms with E-state index in [1.165, 1.54) is 0 Å². The predicted octanol–water partition coefficient (Wildman–Crippen LogP) is 0.339. The molecular weight excluding hydrogens is 205 g/mol. The van der Waals surface area contributed by atoms with Gasteiger partial charge in [0, 0.05) is 27.2 Å². The molecule has 0 amide bonds. The SMILES string of the molecule is CC.CN1CCN(C)C1=NP(=O)(O)O. The third-order valence-electron chi connectivity index (χ3n) is 1.67. The van der Waals surface area contributed by atoms with Crippen LogP contribution in [0.1, 0.15) is 13.8 Å². The standard InChI is InChI=1S/C5H12N3O3P.C2H6/c1-7-3-4-8(2)5(7)6-12(9,10)11;1-2/h3-4H2,1-2H3,(H2,9,10,11);1-2H3. The second-order valence-electron chi connectivity index (χ2n) is 2.76. The molecule has 1 fully saturated rings. The fourth-order valence-electron chi connectivity index (χ4n) is 1.06. The molecule has 0 radical (unpaired) electrons. The lowest BCUT2D eigenvalue weighted by atomic mass is 10.6. The van der Waals surface area contributed by atoms with Crippen LogP contribution in [-0.2, 0) is 4.57 Å². The number of rotatable bonds is 1. The van der Waals surface area contributed by atoms with Crippen molar-refractivity contribution in [2.45, 2.75) is 13.8 Å². The topological polar surface area (TPSA) is 76.4 Å². The normalized spacial score (nSPS) is 16.6. The Kier molecular flexibility index (Phi) is 5.12. The molecule has 7 heteroatoms. The molecule has 1 aliphatic heterocycles. The van der Waals surface area contributed by atoms with Gasteiger partial charge in [-0.2, -0.15) is 0 Å². The van der Waals surface area contributed by atoms with Crippen molar-refractivity contribution in [3.63, 3.8) is 0 Å². The summed E-state index contributed by atoms with van der Waals surface area (Å²) in [4.78, 5) is 20.6. The second kappa shape index (κ2) is 5.34. The Balaban J connectivity index is 0.000000791. The van der Waals surface area contributed by atoms with E-state index in [2.05, 4.69) is 4.76 Å². The van der Waals surface area contributed by atoms with Gasteiger partial charge in [0.2, 0.25) is 5.96 Å². The maximum Gasteiger partial charge on any atom is 0.451 e. The average Bonchev–Trinajstić information content (AvgIpc) is 2.37. The Hall–Kier alpha value is -0.580. The minimum atomic E-state index is -4.28. The van der Waals surface area contributed by atoms with Crippen molar-refractivity contribution < 1.29 is 14.4 Å². The van der Waals surface area contributed by atoms with Crippen LogP contribution < -0.4 is 0 Å². The Morgan fingerprint density at radius 2 is 1.57 bits per heavy atom. The van der Waals surface area contributed by atoms with E-state index in [-0.39, 0.29) is 0 Å². The Morgan fingerprint density at radius 1 is 1.21 bits per heavy atom. The molecule has 1 heterocycles. The molecule has 1 saturated heterocycles. The third-order valence-corrected chi connectivity index (χ3v) is 2.11. The first kappa shape index (κ1) is 13.4. The molecule has 0 aliphatic carbocycles. The number of hydrogen-bond acceptors (Lipinski definition) is 1. The fourth-order valence-corrected chi connectivity index (χ4v) is 1.60. The molecule has 1 rings (SSSR count). The maximum atomic E-state index is 10.5. The third kappa shape index (κ3) is 4.09. The first-order valence-corrected chi connectivity index (χ1v) is 6.05. The second-order valence-corrected chi connectivity index (χ2v) is 3.98. The summed E-state index contributed by atoms with van der Waals surface area (Å²) in [6.07, 6.45) is 0. The number of guanidine groups is 1. The molecule has 0 unspecified atom stereocenters. The molecule has 0 saturated carbocycles. The van der Waals surface area contributed by atoms with Gasteiger partial charge >= 0.3 is 7.75 Å². The van der Waals surface area contributed by atoms with Crippen LogP contribution in [0.25, 0.3) is 0 Å². The molecule has 14 heavy (non-hydrogen) atoms. The lowest BCUT2D eigenvalue weighted by Gasteiger charge is -2.15. The first-order valence-electron chi connectivity index (χ1n) is 4.48. The number of hydrogen-bond donors (Lipinski definition) is 2. The van der Waals surface area contributed by atoms with E-state index in [0.29, 0.717) is 5.96 Å². The van der Waals surface area contributed by atoms with E-state index in [1.807, 2.05) is 13.8 Å². The highest BCUT2D eigenvalue weighted by atomic mass is 31.2. The molecule has 0 aromatic rings. The Labute approximate surface area is 84.5 Å². The average molecular weight is 223 g/mol. The van der Waals surface area contributed by atoms with Crippen LogP contribution in [-0.4, -0.2) is 52.7 Å². The zero-order valence-electron chi connectivity index (χ0n) is 9.01. The van der Waals surface area contributed by atoms with Crippen molar-refractivity contribution in [2.24, 2.45) is 4.76 Å². The molecule has 84 valence electrons. The first-order chi connectivity index (χ1) is 6.40. The van der Waals surface area contributed by atoms with Crippen molar-refractivity contribution in [1.29, 1.82) is 0 Å². The van der Waals surface area contributed by atoms with Gasteiger partial charge in [0.15, 0.2) is 0 Å². The van der Waals surface area contributed by atoms with E-state index in [9.17, 15) is 4.57 Å². The van der Waals surface area contributed by atoms with Crippen LogP contribution in [0.2, 0.25) is 0 Å². The van der Waals surface area contributed by atoms with Crippen molar-refractivity contribution in [3.05, 3.63) is 0 Å². The van der Waals surface area contributed by atoms with Crippen molar-refractivity contribution >= 4 is 13.7 Å². The van der Waals surface area contributed by atoms with E-state index >= 15 is 0 Å². The van der Waals surface area contributed by atoms with Gasteiger partial charge in [0.05, 0.1) is 0 Å². The highest BCUT2D eigenvalue weighted by Crippen LogP contribution is 2.37.